The maximum atomic E-state index is 9.10. The van der Waals surface area contributed by atoms with Crippen molar-refractivity contribution in [3.05, 3.63) is 36.9 Å². The second-order valence-electron chi connectivity index (χ2n) is 3.95. The Kier molecular flexibility index (Phi) is 4.43. The van der Waals surface area contributed by atoms with Crippen molar-refractivity contribution in [2.24, 2.45) is 0 Å². The van der Waals surface area contributed by atoms with Crippen LogP contribution >= 0.6 is 0 Å². The number of phenolic OH excluding ortho intramolecular Hbond substituents is 1. The quantitative estimate of drug-likeness (QED) is 0.613. The molecule has 0 aromatic heterocycles. The van der Waals surface area contributed by atoms with Crippen molar-refractivity contribution in [1.29, 1.82) is 0 Å². The number of benzene rings is 1. The summed E-state index contributed by atoms with van der Waals surface area (Å²) in [4.78, 5) is 0. The van der Waals surface area contributed by atoms with Gasteiger partial charge in [-0.1, -0.05) is 19.2 Å². The predicted molar refractivity (Wildman–Crippen MR) is 66.4 cm³/mol. The van der Waals surface area contributed by atoms with Gasteiger partial charge in [-0.05, 0) is 24.3 Å². The molecule has 1 rings (SSSR count). The van der Waals surface area contributed by atoms with Crippen molar-refractivity contribution in [3.63, 3.8) is 0 Å². The van der Waals surface area contributed by atoms with Crippen LogP contribution in [0.2, 0.25) is 18.6 Å². The highest BCUT2D eigenvalue weighted by molar-refractivity contribution is 6.58. The van der Waals surface area contributed by atoms with E-state index in [-0.39, 0.29) is 5.75 Å². The summed E-state index contributed by atoms with van der Waals surface area (Å²) in [5.74, 6) is 1.06. The Hall–Kier alpha value is -1.22. The molecular formula is C12H18O2Si. The van der Waals surface area contributed by atoms with E-state index in [2.05, 4.69) is 19.7 Å². The van der Waals surface area contributed by atoms with Crippen molar-refractivity contribution in [2.45, 2.75) is 18.6 Å². The maximum absolute atomic E-state index is 9.10. The molecule has 0 aliphatic heterocycles. The number of ether oxygens (including phenoxy) is 1. The van der Waals surface area contributed by atoms with Gasteiger partial charge >= 0.3 is 0 Å². The van der Waals surface area contributed by atoms with Crippen molar-refractivity contribution in [2.75, 3.05) is 6.61 Å². The summed E-state index contributed by atoms with van der Waals surface area (Å²) >= 11 is 0. The third-order valence-corrected chi connectivity index (χ3v) is 4.62. The molecule has 2 nitrogen and oxygen atoms in total. The number of hydrogen-bond acceptors (Lipinski definition) is 2. The van der Waals surface area contributed by atoms with Gasteiger partial charge in [0.15, 0.2) is 0 Å². The van der Waals surface area contributed by atoms with E-state index in [1.807, 2.05) is 6.08 Å². The van der Waals surface area contributed by atoms with Gasteiger partial charge in [-0.2, -0.15) is 0 Å². The highest BCUT2D eigenvalue weighted by Gasteiger charge is 2.10. The van der Waals surface area contributed by atoms with Crippen molar-refractivity contribution >= 4 is 8.80 Å². The van der Waals surface area contributed by atoms with Crippen LogP contribution in [0.4, 0.5) is 0 Å². The van der Waals surface area contributed by atoms with Crippen LogP contribution in [0.15, 0.2) is 36.9 Å². The molecule has 15 heavy (non-hydrogen) atoms. The van der Waals surface area contributed by atoms with Gasteiger partial charge in [0.1, 0.15) is 11.5 Å². The monoisotopic (exact) mass is 222 g/mol. The SMILES string of the molecule is C=CC(COc1ccc(O)cc1)[SiH](C)C. The molecule has 1 aromatic rings. The molecule has 1 N–H and O–H groups in total. The highest BCUT2D eigenvalue weighted by atomic mass is 28.3. The second kappa shape index (κ2) is 5.61. The summed E-state index contributed by atoms with van der Waals surface area (Å²) in [6.45, 7) is 9.08. The second-order valence-corrected chi connectivity index (χ2v) is 7.29. The molecule has 1 atom stereocenters. The molecule has 0 aliphatic rings. The summed E-state index contributed by atoms with van der Waals surface area (Å²) in [6.07, 6.45) is 1.98. The summed E-state index contributed by atoms with van der Waals surface area (Å²) in [6, 6.07) is 6.81. The molecule has 82 valence electrons. The van der Waals surface area contributed by atoms with Gasteiger partial charge in [0.25, 0.3) is 0 Å². The first-order chi connectivity index (χ1) is 7.13. The Morgan fingerprint density at radius 2 is 2.00 bits per heavy atom. The third kappa shape index (κ3) is 3.79. The van der Waals surface area contributed by atoms with Crippen LogP contribution in [0.5, 0.6) is 11.5 Å². The van der Waals surface area contributed by atoms with Gasteiger partial charge in [-0.25, -0.2) is 0 Å². The van der Waals surface area contributed by atoms with Crippen molar-refractivity contribution < 1.29 is 9.84 Å². The Morgan fingerprint density at radius 3 is 2.47 bits per heavy atom. The Balaban J connectivity index is 2.49. The number of aromatic hydroxyl groups is 1. The van der Waals surface area contributed by atoms with Gasteiger partial charge in [-0.3, -0.25) is 0 Å². The molecule has 0 saturated carbocycles. The smallest absolute Gasteiger partial charge is 0.119 e. The first-order valence-electron chi connectivity index (χ1n) is 5.18. The zero-order valence-corrected chi connectivity index (χ0v) is 10.5. The molecule has 1 unspecified atom stereocenters. The lowest BCUT2D eigenvalue weighted by molar-refractivity contribution is 0.323. The lowest BCUT2D eigenvalue weighted by atomic mass is 10.3. The van der Waals surface area contributed by atoms with Crippen LogP contribution in [0, 0.1) is 0 Å². The number of phenols is 1. The fourth-order valence-electron chi connectivity index (χ4n) is 1.27. The predicted octanol–water partition coefficient (Wildman–Crippen LogP) is 2.81. The average Bonchev–Trinajstić information content (AvgIpc) is 2.21. The lowest BCUT2D eigenvalue weighted by Crippen LogP contribution is -2.17. The molecule has 3 heteroatoms. The van der Waals surface area contributed by atoms with Crippen LogP contribution in [0.1, 0.15) is 0 Å². The Labute approximate surface area is 92.8 Å². The summed E-state index contributed by atoms with van der Waals surface area (Å²) in [7, 11) is -0.729. The first-order valence-corrected chi connectivity index (χ1v) is 8.15. The van der Waals surface area contributed by atoms with E-state index in [9.17, 15) is 0 Å². The largest absolute Gasteiger partial charge is 0.508 e. The number of hydrogen-bond donors (Lipinski definition) is 1. The minimum atomic E-state index is -0.729. The standard InChI is InChI=1S/C12H18O2Si/c1-4-12(15(2)3)9-14-11-7-5-10(13)6-8-11/h4-8,12-13,15H,1,9H2,2-3H3. The van der Waals surface area contributed by atoms with E-state index < -0.39 is 8.80 Å². The molecule has 0 aliphatic carbocycles. The molecular weight excluding hydrogens is 204 g/mol. The van der Waals surface area contributed by atoms with E-state index in [0.29, 0.717) is 12.1 Å². The van der Waals surface area contributed by atoms with Gasteiger partial charge < -0.3 is 9.84 Å². The molecule has 0 radical (unpaired) electrons. The van der Waals surface area contributed by atoms with Gasteiger partial charge in [0.05, 0.1) is 6.61 Å². The molecule has 0 saturated heterocycles. The van der Waals surface area contributed by atoms with Crippen LogP contribution in [0.25, 0.3) is 0 Å². The summed E-state index contributed by atoms with van der Waals surface area (Å²) in [5, 5.41) is 9.10. The fourth-order valence-corrected chi connectivity index (χ4v) is 2.29. The normalized spacial score (nSPS) is 12.5. The molecule has 0 bridgehead atoms. The van der Waals surface area contributed by atoms with Crippen molar-refractivity contribution in [3.8, 4) is 11.5 Å². The zero-order chi connectivity index (χ0) is 11.3. The van der Waals surface area contributed by atoms with E-state index >= 15 is 0 Å². The van der Waals surface area contributed by atoms with Crippen LogP contribution in [-0.4, -0.2) is 20.5 Å². The van der Waals surface area contributed by atoms with E-state index in [1.54, 1.807) is 24.3 Å². The van der Waals surface area contributed by atoms with E-state index in [0.717, 1.165) is 5.75 Å². The Bertz CT molecular complexity index is 306. The van der Waals surface area contributed by atoms with E-state index in [4.69, 9.17) is 9.84 Å². The minimum absolute atomic E-state index is 0.265. The van der Waals surface area contributed by atoms with Gasteiger partial charge in [-0.15, -0.1) is 6.58 Å². The zero-order valence-electron chi connectivity index (χ0n) is 9.31. The molecule has 0 fully saturated rings. The van der Waals surface area contributed by atoms with Crippen LogP contribution in [-0.2, 0) is 0 Å². The highest BCUT2D eigenvalue weighted by Crippen LogP contribution is 2.19. The molecule has 0 amide bonds. The average molecular weight is 222 g/mol. The van der Waals surface area contributed by atoms with Gasteiger partial charge in [0, 0.05) is 14.3 Å². The number of rotatable bonds is 5. The Morgan fingerprint density at radius 1 is 1.40 bits per heavy atom. The topological polar surface area (TPSA) is 29.5 Å². The molecule has 0 spiro atoms. The summed E-state index contributed by atoms with van der Waals surface area (Å²) < 4.78 is 5.63. The minimum Gasteiger partial charge on any atom is -0.508 e. The summed E-state index contributed by atoms with van der Waals surface area (Å²) in [5.41, 5.74) is 0.499. The molecule has 1 aromatic carbocycles. The molecule has 0 heterocycles. The van der Waals surface area contributed by atoms with E-state index in [1.165, 1.54) is 0 Å². The fraction of sp³-hybridized carbons (Fsp3) is 0.333. The first kappa shape index (κ1) is 11.8. The van der Waals surface area contributed by atoms with Crippen LogP contribution in [0.3, 0.4) is 0 Å². The van der Waals surface area contributed by atoms with Crippen molar-refractivity contribution in [1.82, 2.24) is 0 Å². The third-order valence-electron chi connectivity index (χ3n) is 2.44. The van der Waals surface area contributed by atoms with Gasteiger partial charge in [0.2, 0.25) is 0 Å². The lowest BCUT2D eigenvalue weighted by Gasteiger charge is -2.16. The van der Waals surface area contributed by atoms with Crippen LogP contribution < -0.4 is 4.74 Å². The maximum Gasteiger partial charge on any atom is 0.119 e.